The molecule has 2 fully saturated rings. The van der Waals surface area contributed by atoms with Gasteiger partial charge in [-0.1, -0.05) is 12.8 Å². The Balaban J connectivity index is 1.73. The molecule has 2 heteroatoms. The first-order chi connectivity index (χ1) is 7.25. The summed E-state index contributed by atoms with van der Waals surface area (Å²) in [6, 6.07) is 0.836. The predicted octanol–water partition coefficient (Wildman–Crippen LogP) is 2.62. The number of nitrogens with zero attached hydrogens (tertiary/aromatic N) is 1. The fourth-order valence-electron chi connectivity index (χ4n) is 3.08. The predicted molar refractivity (Wildman–Crippen MR) is 61.9 cm³/mol. The molecule has 2 rings (SSSR count). The van der Waals surface area contributed by atoms with Crippen LogP contribution in [0.3, 0.4) is 0 Å². The lowest BCUT2D eigenvalue weighted by Crippen LogP contribution is -2.35. The maximum Gasteiger partial charge on any atom is 0.132 e. The van der Waals surface area contributed by atoms with Crippen LogP contribution >= 0.6 is 0 Å². The fourth-order valence-corrected chi connectivity index (χ4v) is 3.08. The van der Waals surface area contributed by atoms with Crippen molar-refractivity contribution >= 4 is 5.78 Å². The first-order valence-corrected chi connectivity index (χ1v) is 6.47. The number of ketones is 1. The zero-order valence-electron chi connectivity index (χ0n) is 9.87. The Morgan fingerprint density at radius 1 is 1.13 bits per heavy atom. The van der Waals surface area contributed by atoms with Crippen LogP contribution in [0.25, 0.3) is 0 Å². The summed E-state index contributed by atoms with van der Waals surface area (Å²) in [5, 5.41) is 0. The standard InChI is InChI=1S/C13H23NO/c1-14(12-4-2-3-5-12)10-11-6-8-13(15)9-7-11/h11-12H,2-10H2,1H3. The molecule has 0 amide bonds. The molecule has 0 spiro atoms. The van der Waals surface area contributed by atoms with Crippen LogP contribution < -0.4 is 0 Å². The zero-order valence-corrected chi connectivity index (χ0v) is 9.87. The number of hydrogen-bond donors (Lipinski definition) is 0. The minimum Gasteiger partial charge on any atom is -0.303 e. The normalized spacial score (nSPS) is 25.3. The van der Waals surface area contributed by atoms with Gasteiger partial charge in [0.15, 0.2) is 0 Å². The van der Waals surface area contributed by atoms with Crippen LogP contribution in [0.4, 0.5) is 0 Å². The zero-order chi connectivity index (χ0) is 10.7. The molecule has 0 atom stereocenters. The van der Waals surface area contributed by atoms with Gasteiger partial charge in [-0.25, -0.2) is 0 Å². The van der Waals surface area contributed by atoms with E-state index in [1.54, 1.807) is 0 Å². The van der Waals surface area contributed by atoms with Gasteiger partial charge in [-0.05, 0) is 38.6 Å². The summed E-state index contributed by atoms with van der Waals surface area (Å²) in [6.45, 7) is 1.22. The lowest BCUT2D eigenvalue weighted by Gasteiger charge is -2.30. The maximum atomic E-state index is 11.1. The van der Waals surface area contributed by atoms with Crippen molar-refractivity contribution in [2.75, 3.05) is 13.6 Å². The summed E-state index contributed by atoms with van der Waals surface area (Å²) in [5.74, 6) is 1.27. The molecule has 0 saturated heterocycles. The highest BCUT2D eigenvalue weighted by Crippen LogP contribution is 2.26. The van der Waals surface area contributed by atoms with Crippen LogP contribution in [0, 0.1) is 5.92 Å². The molecule has 86 valence electrons. The third kappa shape index (κ3) is 3.04. The molecule has 0 unspecified atom stereocenters. The van der Waals surface area contributed by atoms with E-state index in [-0.39, 0.29) is 0 Å². The molecule has 0 aliphatic heterocycles. The van der Waals surface area contributed by atoms with Crippen molar-refractivity contribution in [3.8, 4) is 0 Å². The molecule has 0 bridgehead atoms. The van der Waals surface area contributed by atoms with Crippen molar-refractivity contribution in [1.29, 1.82) is 0 Å². The number of hydrogen-bond acceptors (Lipinski definition) is 2. The highest BCUT2D eigenvalue weighted by atomic mass is 16.1. The second kappa shape index (κ2) is 5.11. The van der Waals surface area contributed by atoms with Gasteiger partial charge in [-0.3, -0.25) is 4.79 Å². The quantitative estimate of drug-likeness (QED) is 0.712. The smallest absolute Gasteiger partial charge is 0.132 e. The summed E-state index contributed by atoms with van der Waals surface area (Å²) >= 11 is 0. The van der Waals surface area contributed by atoms with Crippen molar-refractivity contribution in [2.45, 2.75) is 57.4 Å². The molecule has 0 radical (unpaired) electrons. The summed E-state index contributed by atoms with van der Waals surface area (Å²) in [4.78, 5) is 13.7. The Kier molecular flexibility index (Phi) is 3.79. The molecule has 0 aromatic rings. The van der Waals surface area contributed by atoms with E-state index in [1.165, 1.54) is 32.2 Å². The highest BCUT2D eigenvalue weighted by molar-refractivity contribution is 5.79. The number of carbonyl (C=O) groups is 1. The second-order valence-corrected chi connectivity index (χ2v) is 5.36. The van der Waals surface area contributed by atoms with E-state index < -0.39 is 0 Å². The van der Waals surface area contributed by atoms with Crippen LogP contribution in [0.5, 0.6) is 0 Å². The minimum absolute atomic E-state index is 0.481. The number of rotatable bonds is 3. The van der Waals surface area contributed by atoms with Gasteiger partial charge in [0.1, 0.15) is 5.78 Å². The Morgan fingerprint density at radius 2 is 1.73 bits per heavy atom. The average molecular weight is 209 g/mol. The molecule has 2 aliphatic rings. The van der Waals surface area contributed by atoms with Crippen LogP contribution in [-0.4, -0.2) is 30.3 Å². The highest BCUT2D eigenvalue weighted by Gasteiger charge is 2.24. The van der Waals surface area contributed by atoms with Gasteiger partial charge in [0.05, 0.1) is 0 Å². The number of carbonyl (C=O) groups excluding carboxylic acids is 1. The van der Waals surface area contributed by atoms with E-state index in [0.29, 0.717) is 5.78 Å². The molecule has 0 heterocycles. The van der Waals surface area contributed by atoms with Gasteiger partial charge < -0.3 is 4.90 Å². The molecule has 2 aliphatic carbocycles. The third-order valence-electron chi connectivity index (χ3n) is 4.16. The van der Waals surface area contributed by atoms with E-state index in [4.69, 9.17) is 0 Å². The van der Waals surface area contributed by atoms with Gasteiger partial charge in [0.25, 0.3) is 0 Å². The summed E-state index contributed by atoms with van der Waals surface area (Å²) in [7, 11) is 2.27. The Labute approximate surface area is 93.0 Å². The molecule has 2 saturated carbocycles. The topological polar surface area (TPSA) is 20.3 Å². The Morgan fingerprint density at radius 3 is 2.33 bits per heavy atom. The van der Waals surface area contributed by atoms with E-state index in [9.17, 15) is 4.79 Å². The van der Waals surface area contributed by atoms with Gasteiger partial charge in [-0.2, -0.15) is 0 Å². The molecular formula is C13H23NO. The van der Waals surface area contributed by atoms with Crippen molar-refractivity contribution < 1.29 is 4.79 Å². The van der Waals surface area contributed by atoms with E-state index >= 15 is 0 Å². The second-order valence-electron chi connectivity index (χ2n) is 5.36. The molecule has 0 aromatic heterocycles. The minimum atomic E-state index is 0.481. The van der Waals surface area contributed by atoms with Crippen LogP contribution in [0.1, 0.15) is 51.4 Å². The first kappa shape index (κ1) is 11.1. The SMILES string of the molecule is CN(CC1CCC(=O)CC1)C1CCCC1. The molecular weight excluding hydrogens is 186 g/mol. The molecule has 15 heavy (non-hydrogen) atoms. The van der Waals surface area contributed by atoms with E-state index in [0.717, 1.165) is 37.6 Å². The lowest BCUT2D eigenvalue weighted by molar-refractivity contribution is -0.121. The first-order valence-electron chi connectivity index (χ1n) is 6.47. The molecule has 2 nitrogen and oxygen atoms in total. The van der Waals surface area contributed by atoms with Crippen LogP contribution in [0.2, 0.25) is 0 Å². The van der Waals surface area contributed by atoms with E-state index in [2.05, 4.69) is 11.9 Å². The van der Waals surface area contributed by atoms with Gasteiger partial charge in [0, 0.05) is 25.4 Å². The van der Waals surface area contributed by atoms with Gasteiger partial charge >= 0.3 is 0 Å². The summed E-state index contributed by atoms with van der Waals surface area (Å²) < 4.78 is 0. The van der Waals surface area contributed by atoms with Crippen LogP contribution in [-0.2, 0) is 4.79 Å². The average Bonchev–Trinajstić information content (AvgIpc) is 2.74. The van der Waals surface area contributed by atoms with Gasteiger partial charge in [-0.15, -0.1) is 0 Å². The van der Waals surface area contributed by atoms with E-state index in [1.807, 2.05) is 0 Å². The largest absolute Gasteiger partial charge is 0.303 e. The van der Waals surface area contributed by atoms with Crippen molar-refractivity contribution in [3.63, 3.8) is 0 Å². The van der Waals surface area contributed by atoms with Crippen molar-refractivity contribution in [3.05, 3.63) is 0 Å². The molecule has 0 N–H and O–H groups in total. The van der Waals surface area contributed by atoms with Gasteiger partial charge in [0.2, 0.25) is 0 Å². The number of Topliss-reactive ketones (excluding diaryl/α,β-unsaturated/α-hetero) is 1. The monoisotopic (exact) mass is 209 g/mol. The summed E-state index contributed by atoms with van der Waals surface area (Å²) in [6.07, 6.45) is 9.55. The Hall–Kier alpha value is -0.370. The maximum absolute atomic E-state index is 11.1. The van der Waals surface area contributed by atoms with Crippen molar-refractivity contribution in [1.82, 2.24) is 4.90 Å². The lowest BCUT2D eigenvalue weighted by atomic mass is 9.88. The fraction of sp³-hybridized carbons (Fsp3) is 0.923. The molecule has 0 aromatic carbocycles. The third-order valence-corrected chi connectivity index (χ3v) is 4.16. The summed E-state index contributed by atoms with van der Waals surface area (Å²) in [5.41, 5.74) is 0. The van der Waals surface area contributed by atoms with Crippen LogP contribution in [0.15, 0.2) is 0 Å². The van der Waals surface area contributed by atoms with Crippen molar-refractivity contribution in [2.24, 2.45) is 5.92 Å². The Bertz CT molecular complexity index is 211.